The summed E-state index contributed by atoms with van der Waals surface area (Å²) in [4.78, 5) is 27.2. The average molecular weight is 524 g/mol. The van der Waals surface area contributed by atoms with Gasteiger partial charge in [0.2, 0.25) is 5.90 Å². The number of ether oxygens (including phenoxy) is 2. The molecule has 0 N–H and O–H groups in total. The number of hydrogen-bond donors (Lipinski definition) is 0. The van der Waals surface area contributed by atoms with Crippen LogP contribution >= 0.6 is 31.9 Å². The number of nitro benzene ring substituents is 1. The molecule has 0 aromatic heterocycles. The second kappa shape index (κ2) is 8.46. The molecule has 1 heterocycles. The number of hydrogen-bond acceptors (Lipinski definition) is 6. The number of carbonyl (C=O) groups excluding carboxylic acids is 1. The molecular formula is C20H16Br2N2O5. The Morgan fingerprint density at radius 2 is 1.90 bits per heavy atom. The van der Waals surface area contributed by atoms with Crippen molar-refractivity contribution in [2.45, 2.75) is 26.9 Å². The molecule has 7 nitrogen and oxygen atoms in total. The van der Waals surface area contributed by atoms with E-state index >= 15 is 0 Å². The first-order valence-electron chi connectivity index (χ1n) is 8.60. The maximum absolute atomic E-state index is 12.3. The first-order chi connectivity index (χ1) is 13.7. The van der Waals surface area contributed by atoms with E-state index in [-0.39, 0.29) is 23.4 Å². The lowest BCUT2D eigenvalue weighted by Crippen LogP contribution is -2.08. The highest BCUT2D eigenvalue weighted by Gasteiger charge is 2.27. The fraction of sp³-hybridized carbons (Fsp3) is 0.200. The minimum Gasteiger partial charge on any atom is -0.489 e. The van der Waals surface area contributed by atoms with Crippen molar-refractivity contribution in [2.24, 2.45) is 4.99 Å². The molecule has 29 heavy (non-hydrogen) atoms. The van der Waals surface area contributed by atoms with E-state index in [1.807, 2.05) is 13.8 Å². The maximum atomic E-state index is 12.3. The van der Waals surface area contributed by atoms with Gasteiger partial charge in [-0.2, -0.15) is 0 Å². The van der Waals surface area contributed by atoms with Crippen LogP contribution in [0.4, 0.5) is 5.69 Å². The molecule has 150 valence electrons. The summed E-state index contributed by atoms with van der Waals surface area (Å²) in [6.45, 7) is 5.44. The summed E-state index contributed by atoms with van der Waals surface area (Å²) in [5, 5.41) is 11.1. The van der Waals surface area contributed by atoms with Crippen LogP contribution in [0.25, 0.3) is 6.08 Å². The lowest BCUT2D eigenvalue weighted by molar-refractivity contribution is -0.385. The van der Waals surface area contributed by atoms with Gasteiger partial charge in [0.1, 0.15) is 5.75 Å². The molecular weight excluding hydrogens is 508 g/mol. The zero-order valence-corrected chi connectivity index (χ0v) is 18.9. The number of esters is 1. The second-order valence-corrected chi connectivity index (χ2v) is 8.23. The summed E-state index contributed by atoms with van der Waals surface area (Å²) in [5.41, 5.74) is 1.52. The lowest BCUT2D eigenvalue weighted by atomic mass is 10.1. The standard InChI is InChI=1S/C20H16Br2N2O5/c1-10(2)28-18-14(21)7-12(8-15(18)22)9-16-20(25)29-19(23-16)13-5-4-6-17(11(13)3)24(26)27/h4-10H,1-3H3/b16-9-. The predicted molar refractivity (Wildman–Crippen MR) is 116 cm³/mol. The Morgan fingerprint density at radius 3 is 2.48 bits per heavy atom. The van der Waals surface area contributed by atoms with Gasteiger partial charge in [0.25, 0.3) is 5.69 Å². The third-order valence-corrected chi connectivity index (χ3v) is 5.21. The Hall–Kier alpha value is -2.52. The van der Waals surface area contributed by atoms with E-state index in [1.54, 1.807) is 31.2 Å². The van der Waals surface area contributed by atoms with Crippen LogP contribution in [0, 0.1) is 17.0 Å². The van der Waals surface area contributed by atoms with Gasteiger partial charge in [-0.25, -0.2) is 9.79 Å². The first kappa shape index (κ1) is 21.2. The van der Waals surface area contributed by atoms with Crippen LogP contribution in [0.3, 0.4) is 0 Å². The van der Waals surface area contributed by atoms with Gasteiger partial charge in [0, 0.05) is 17.2 Å². The number of halogens is 2. The molecule has 2 aromatic rings. The largest absolute Gasteiger partial charge is 0.489 e. The zero-order valence-electron chi connectivity index (χ0n) is 15.7. The summed E-state index contributed by atoms with van der Waals surface area (Å²) >= 11 is 6.94. The smallest absolute Gasteiger partial charge is 0.363 e. The fourth-order valence-electron chi connectivity index (χ4n) is 2.75. The number of nitrogens with zero attached hydrogens (tertiary/aromatic N) is 2. The van der Waals surface area contributed by atoms with Crippen LogP contribution in [-0.4, -0.2) is 22.9 Å². The summed E-state index contributed by atoms with van der Waals surface area (Å²) in [7, 11) is 0. The van der Waals surface area contributed by atoms with Crippen molar-refractivity contribution in [3.8, 4) is 5.75 Å². The monoisotopic (exact) mass is 522 g/mol. The fourth-order valence-corrected chi connectivity index (χ4v) is 4.16. The Morgan fingerprint density at radius 1 is 1.24 bits per heavy atom. The van der Waals surface area contributed by atoms with Gasteiger partial charge in [0.05, 0.1) is 20.0 Å². The Balaban J connectivity index is 1.98. The van der Waals surface area contributed by atoms with Crippen LogP contribution in [0.1, 0.15) is 30.5 Å². The van der Waals surface area contributed by atoms with Crippen molar-refractivity contribution < 1.29 is 19.2 Å². The van der Waals surface area contributed by atoms with E-state index in [0.717, 1.165) is 8.95 Å². The van der Waals surface area contributed by atoms with E-state index in [0.29, 0.717) is 22.4 Å². The summed E-state index contributed by atoms with van der Waals surface area (Å²) in [6.07, 6.45) is 1.58. The van der Waals surface area contributed by atoms with E-state index in [1.165, 1.54) is 12.1 Å². The Labute approximate surface area is 183 Å². The van der Waals surface area contributed by atoms with Gasteiger partial charge in [-0.1, -0.05) is 6.07 Å². The Bertz CT molecular complexity index is 1050. The van der Waals surface area contributed by atoms with Crippen LogP contribution in [0.5, 0.6) is 5.75 Å². The third kappa shape index (κ3) is 4.56. The highest BCUT2D eigenvalue weighted by Crippen LogP contribution is 2.36. The molecule has 2 aromatic carbocycles. The van der Waals surface area contributed by atoms with E-state index in [4.69, 9.17) is 9.47 Å². The van der Waals surface area contributed by atoms with Crippen molar-refractivity contribution in [3.05, 3.63) is 71.8 Å². The maximum Gasteiger partial charge on any atom is 0.363 e. The molecule has 0 fully saturated rings. The number of nitro groups is 1. The molecule has 0 saturated carbocycles. The topological polar surface area (TPSA) is 91.0 Å². The van der Waals surface area contributed by atoms with E-state index < -0.39 is 10.9 Å². The quantitative estimate of drug-likeness (QED) is 0.221. The van der Waals surface area contributed by atoms with E-state index in [2.05, 4.69) is 36.9 Å². The van der Waals surface area contributed by atoms with Gasteiger partial charge < -0.3 is 9.47 Å². The lowest BCUT2D eigenvalue weighted by Gasteiger charge is -2.14. The molecule has 3 rings (SSSR count). The normalized spacial score (nSPS) is 14.9. The van der Waals surface area contributed by atoms with Gasteiger partial charge in [0.15, 0.2) is 5.70 Å². The summed E-state index contributed by atoms with van der Waals surface area (Å²) in [5.74, 6) is 0.0774. The minimum atomic E-state index is -0.624. The molecule has 0 bridgehead atoms. The number of rotatable bonds is 5. The highest BCUT2D eigenvalue weighted by molar-refractivity contribution is 9.11. The SMILES string of the molecule is Cc1c(C2=N/C(=C\c3cc(Br)c(OC(C)C)c(Br)c3)C(=O)O2)cccc1[N+](=O)[O-]. The number of aliphatic imine (C=N–C) groups is 1. The predicted octanol–water partition coefficient (Wildman–Crippen LogP) is 5.56. The molecule has 1 aliphatic rings. The van der Waals surface area contributed by atoms with Crippen molar-refractivity contribution in [3.63, 3.8) is 0 Å². The van der Waals surface area contributed by atoms with Gasteiger partial charge in [-0.05, 0) is 82.5 Å². The zero-order chi connectivity index (χ0) is 21.3. The molecule has 0 amide bonds. The van der Waals surface area contributed by atoms with Crippen molar-refractivity contribution in [1.29, 1.82) is 0 Å². The molecule has 0 unspecified atom stereocenters. The van der Waals surface area contributed by atoms with Crippen LogP contribution in [0.15, 0.2) is 50.0 Å². The third-order valence-electron chi connectivity index (χ3n) is 4.03. The van der Waals surface area contributed by atoms with Crippen molar-refractivity contribution >= 4 is 55.5 Å². The van der Waals surface area contributed by atoms with E-state index in [9.17, 15) is 14.9 Å². The van der Waals surface area contributed by atoms with Crippen LogP contribution in [0.2, 0.25) is 0 Å². The Kier molecular flexibility index (Phi) is 6.18. The van der Waals surface area contributed by atoms with Crippen LogP contribution < -0.4 is 4.74 Å². The number of benzene rings is 2. The molecule has 9 heteroatoms. The first-order valence-corrected chi connectivity index (χ1v) is 10.2. The second-order valence-electron chi connectivity index (χ2n) is 6.52. The number of cyclic esters (lactones) is 1. The van der Waals surface area contributed by atoms with Crippen molar-refractivity contribution in [2.75, 3.05) is 0 Å². The molecule has 0 atom stereocenters. The van der Waals surface area contributed by atoms with Crippen molar-refractivity contribution in [1.82, 2.24) is 0 Å². The highest BCUT2D eigenvalue weighted by atomic mass is 79.9. The van der Waals surface area contributed by atoms with Crippen LogP contribution in [-0.2, 0) is 9.53 Å². The molecule has 1 aliphatic heterocycles. The number of carbonyl (C=O) groups is 1. The molecule has 0 radical (unpaired) electrons. The molecule has 0 saturated heterocycles. The molecule has 0 aliphatic carbocycles. The van der Waals surface area contributed by atoms with Gasteiger partial charge >= 0.3 is 5.97 Å². The molecule has 0 spiro atoms. The van der Waals surface area contributed by atoms with Gasteiger partial charge in [-0.3, -0.25) is 10.1 Å². The average Bonchev–Trinajstić information content (AvgIpc) is 2.98. The minimum absolute atomic E-state index is 0.00180. The summed E-state index contributed by atoms with van der Waals surface area (Å²) in [6, 6.07) is 8.15. The summed E-state index contributed by atoms with van der Waals surface area (Å²) < 4.78 is 12.4. The van der Waals surface area contributed by atoms with Gasteiger partial charge in [-0.15, -0.1) is 0 Å².